The molecule has 0 saturated heterocycles. The van der Waals surface area contributed by atoms with Gasteiger partial charge in [0.25, 0.3) is 5.91 Å². The second-order valence-corrected chi connectivity index (χ2v) is 5.53. The van der Waals surface area contributed by atoms with Gasteiger partial charge in [-0.05, 0) is 36.1 Å². The van der Waals surface area contributed by atoms with Crippen LogP contribution in [0.5, 0.6) is 0 Å². The van der Waals surface area contributed by atoms with Gasteiger partial charge in [0.05, 0.1) is 10.8 Å². The number of carbonyl (C=O) groups excluding carboxylic acids is 1. The van der Waals surface area contributed by atoms with Gasteiger partial charge in [-0.3, -0.25) is 9.59 Å². The number of amides is 1. The van der Waals surface area contributed by atoms with Crippen molar-refractivity contribution in [1.82, 2.24) is 5.32 Å². The van der Waals surface area contributed by atoms with Crippen LogP contribution in [0.1, 0.15) is 23.0 Å². The van der Waals surface area contributed by atoms with Crippen LogP contribution in [0.2, 0.25) is 0 Å². The van der Waals surface area contributed by atoms with Crippen LogP contribution >= 0.6 is 11.3 Å². The summed E-state index contributed by atoms with van der Waals surface area (Å²) in [5, 5.41) is 12.2. The average molecular weight is 295 g/mol. The van der Waals surface area contributed by atoms with E-state index in [1.54, 1.807) is 19.1 Å². The zero-order valence-electron chi connectivity index (χ0n) is 10.9. The number of hydrogen-bond acceptors (Lipinski definition) is 3. The zero-order chi connectivity index (χ0) is 14.7. The Hall–Kier alpha value is -1.95. The Kier molecular flexibility index (Phi) is 4.34. The first-order chi connectivity index (χ1) is 9.51. The molecule has 1 aromatic heterocycles. The Bertz CT molecular complexity index is 653. The third-order valence-electron chi connectivity index (χ3n) is 3.05. The number of hydrogen-bond donors (Lipinski definition) is 2. The number of halogens is 1. The molecule has 0 saturated carbocycles. The van der Waals surface area contributed by atoms with E-state index in [1.165, 1.54) is 23.5 Å². The highest BCUT2D eigenvalue weighted by Gasteiger charge is 2.17. The summed E-state index contributed by atoms with van der Waals surface area (Å²) in [5.74, 6) is -2.19. The molecule has 0 radical (unpaired) electrons. The standard InChI is InChI=1S/C14H14FNO3S/c1-2-8(14(18)19)7-16-13(17)12-6-9-5-10(15)3-4-11(9)20-12/h3-6,8H,2,7H2,1H3,(H,16,17)(H,18,19). The van der Waals surface area contributed by atoms with E-state index in [2.05, 4.69) is 5.32 Å². The van der Waals surface area contributed by atoms with Crippen molar-refractivity contribution in [3.8, 4) is 0 Å². The monoisotopic (exact) mass is 295 g/mol. The molecular weight excluding hydrogens is 281 g/mol. The van der Waals surface area contributed by atoms with Crippen molar-refractivity contribution in [2.45, 2.75) is 13.3 Å². The van der Waals surface area contributed by atoms with E-state index in [0.717, 1.165) is 4.70 Å². The number of aliphatic carboxylic acids is 1. The predicted octanol–water partition coefficient (Wildman–Crippen LogP) is 2.88. The molecule has 0 spiro atoms. The average Bonchev–Trinajstić information content (AvgIpc) is 2.81. The first-order valence-corrected chi connectivity index (χ1v) is 7.03. The van der Waals surface area contributed by atoms with E-state index in [9.17, 15) is 14.0 Å². The quantitative estimate of drug-likeness (QED) is 0.891. The van der Waals surface area contributed by atoms with Crippen molar-refractivity contribution in [1.29, 1.82) is 0 Å². The molecule has 2 N–H and O–H groups in total. The molecule has 0 fully saturated rings. The van der Waals surface area contributed by atoms with Gasteiger partial charge in [-0.15, -0.1) is 11.3 Å². The molecule has 1 unspecified atom stereocenters. The minimum absolute atomic E-state index is 0.0905. The normalized spacial score (nSPS) is 12.3. The van der Waals surface area contributed by atoms with Gasteiger partial charge in [0.2, 0.25) is 0 Å². The Morgan fingerprint density at radius 1 is 1.40 bits per heavy atom. The minimum atomic E-state index is -0.925. The van der Waals surface area contributed by atoms with E-state index in [4.69, 9.17) is 5.11 Å². The maximum atomic E-state index is 13.1. The summed E-state index contributed by atoms with van der Waals surface area (Å²) in [7, 11) is 0. The van der Waals surface area contributed by atoms with Crippen molar-refractivity contribution >= 4 is 33.3 Å². The minimum Gasteiger partial charge on any atom is -0.481 e. The van der Waals surface area contributed by atoms with E-state index in [0.29, 0.717) is 16.7 Å². The lowest BCUT2D eigenvalue weighted by molar-refractivity contribution is -0.141. The molecular formula is C14H14FNO3S. The van der Waals surface area contributed by atoms with Crippen LogP contribution in [0.15, 0.2) is 24.3 Å². The molecule has 2 aromatic rings. The Morgan fingerprint density at radius 2 is 2.15 bits per heavy atom. The highest BCUT2D eigenvalue weighted by Crippen LogP contribution is 2.26. The number of fused-ring (bicyclic) bond motifs is 1. The van der Waals surface area contributed by atoms with Gasteiger partial charge >= 0.3 is 5.97 Å². The van der Waals surface area contributed by atoms with Gasteiger partial charge < -0.3 is 10.4 Å². The fraction of sp³-hybridized carbons (Fsp3) is 0.286. The molecule has 6 heteroatoms. The van der Waals surface area contributed by atoms with Crippen molar-refractivity contribution in [2.75, 3.05) is 6.54 Å². The van der Waals surface area contributed by atoms with Crippen molar-refractivity contribution in [2.24, 2.45) is 5.92 Å². The van der Waals surface area contributed by atoms with Crippen LogP contribution in [-0.4, -0.2) is 23.5 Å². The lowest BCUT2D eigenvalue weighted by Gasteiger charge is -2.10. The molecule has 0 aliphatic rings. The molecule has 20 heavy (non-hydrogen) atoms. The van der Waals surface area contributed by atoms with Crippen molar-refractivity contribution < 1.29 is 19.1 Å². The lowest BCUT2D eigenvalue weighted by Crippen LogP contribution is -2.32. The zero-order valence-corrected chi connectivity index (χ0v) is 11.7. The molecule has 106 valence electrons. The van der Waals surface area contributed by atoms with Crippen LogP contribution in [0.3, 0.4) is 0 Å². The summed E-state index contributed by atoms with van der Waals surface area (Å²) in [6.07, 6.45) is 0.452. The first-order valence-electron chi connectivity index (χ1n) is 6.21. The molecule has 0 aliphatic carbocycles. The van der Waals surface area contributed by atoms with Crippen LogP contribution in [0, 0.1) is 11.7 Å². The molecule has 1 amide bonds. The maximum absolute atomic E-state index is 13.1. The number of benzene rings is 1. The van der Waals surface area contributed by atoms with Crippen LogP contribution in [-0.2, 0) is 4.79 Å². The smallest absolute Gasteiger partial charge is 0.308 e. The van der Waals surface area contributed by atoms with Crippen LogP contribution in [0.25, 0.3) is 10.1 Å². The summed E-state index contributed by atoms with van der Waals surface area (Å²) >= 11 is 1.26. The predicted molar refractivity (Wildman–Crippen MR) is 75.5 cm³/mol. The Labute approximate surface area is 119 Å². The van der Waals surface area contributed by atoms with Gasteiger partial charge in [0.1, 0.15) is 5.82 Å². The Morgan fingerprint density at radius 3 is 2.80 bits per heavy atom. The number of rotatable bonds is 5. The van der Waals surface area contributed by atoms with E-state index in [-0.39, 0.29) is 18.3 Å². The lowest BCUT2D eigenvalue weighted by atomic mass is 10.1. The fourth-order valence-electron chi connectivity index (χ4n) is 1.84. The topological polar surface area (TPSA) is 66.4 Å². The number of nitrogens with one attached hydrogen (secondary N) is 1. The van der Waals surface area contributed by atoms with E-state index >= 15 is 0 Å². The third-order valence-corrected chi connectivity index (χ3v) is 4.17. The van der Waals surface area contributed by atoms with E-state index < -0.39 is 11.9 Å². The number of carboxylic acids is 1. The summed E-state index contributed by atoms with van der Waals surface area (Å²) in [4.78, 5) is 23.3. The molecule has 1 aromatic carbocycles. The highest BCUT2D eigenvalue weighted by molar-refractivity contribution is 7.20. The SMILES string of the molecule is CCC(CNC(=O)c1cc2cc(F)ccc2s1)C(=O)O. The number of thiophene rings is 1. The number of carbonyl (C=O) groups is 2. The van der Waals surface area contributed by atoms with Gasteiger partial charge in [-0.2, -0.15) is 0 Å². The van der Waals surface area contributed by atoms with Crippen LogP contribution in [0.4, 0.5) is 4.39 Å². The van der Waals surface area contributed by atoms with E-state index in [1.807, 2.05) is 0 Å². The Balaban J connectivity index is 2.09. The van der Waals surface area contributed by atoms with Crippen molar-refractivity contribution in [3.05, 3.63) is 35.0 Å². The largest absolute Gasteiger partial charge is 0.481 e. The molecule has 4 nitrogen and oxygen atoms in total. The summed E-state index contributed by atoms with van der Waals surface area (Å²) in [6.45, 7) is 1.85. The molecule has 2 rings (SSSR count). The molecule has 0 aliphatic heterocycles. The summed E-state index contributed by atoms with van der Waals surface area (Å²) in [5.41, 5.74) is 0. The third kappa shape index (κ3) is 3.14. The van der Waals surface area contributed by atoms with Gasteiger partial charge in [0, 0.05) is 11.2 Å². The second kappa shape index (κ2) is 6.00. The second-order valence-electron chi connectivity index (χ2n) is 4.45. The fourth-order valence-corrected chi connectivity index (χ4v) is 2.79. The van der Waals surface area contributed by atoms with Crippen LogP contribution < -0.4 is 5.32 Å². The van der Waals surface area contributed by atoms with Gasteiger partial charge in [-0.1, -0.05) is 6.92 Å². The van der Waals surface area contributed by atoms with Gasteiger partial charge in [0.15, 0.2) is 0 Å². The molecule has 0 bridgehead atoms. The number of carboxylic acid groups (broad SMARTS) is 1. The van der Waals surface area contributed by atoms with Gasteiger partial charge in [-0.25, -0.2) is 4.39 Å². The summed E-state index contributed by atoms with van der Waals surface area (Å²) < 4.78 is 13.9. The van der Waals surface area contributed by atoms with Crippen molar-refractivity contribution in [3.63, 3.8) is 0 Å². The highest BCUT2D eigenvalue weighted by atomic mass is 32.1. The summed E-state index contributed by atoms with van der Waals surface area (Å²) in [6, 6.07) is 5.95. The molecule has 1 atom stereocenters. The molecule has 1 heterocycles. The maximum Gasteiger partial charge on any atom is 0.308 e. The first kappa shape index (κ1) is 14.5.